The second-order valence-electron chi connectivity index (χ2n) is 6.11. The van der Waals surface area contributed by atoms with Gasteiger partial charge < -0.3 is 5.32 Å². The van der Waals surface area contributed by atoms with Crippen LogP contribution in [0.2, 0.25) is 5.02 Å². The number of hydrogen-bond donors (Lipinski definition) is 1. The van der Waals surface area contributed by atoms with Crippen LogP contribution in [0.3, 0.4) is 0 Å². The van der Waals surface area contributed by atoms with E-state index in [2.05, 4.69) is 20.2 Å². The van der Waals surface area contributed by atoms with Gasteiger partial charge in [-0.05, 0) is 51.1 Å². The van der Waals surface area contributed by atoms with Crippen molar-refractivity contribution in [2.24, 2.45) is 0 Å². The molecule has 1 aliphatic rings. The highest BCUT2D eigenvalue weighted by atomic mass is 35.5. The SMILES string of the molecule is Cc1cc(C)nc(NC2CCN(C)C2c2ccc(Cl)c(F)c2)n1. The van der Waals surface area contributed by atoms with Crippen LogP contribution in [-0.4, -0.2) is 34.5 Å². The van der Waals surface area contributed by atoms with Gasteiger partial charge in [-0.1, -0.05) is 17.7 Å². The van der Waals surface area contributed by atoms with E-state index in [1.54, 1.807) is 6.07 Å². The molecule has 1 aliphatic heterocycles. The van der Waals surface area contributed by atoms with Crippen molar-refractivity contribution in [2.45, 2.75) is 32.4 Å². The standard InChI is InChI=1S/C17H20ClFN4/c1-10-8-11(2)21-17(20-10)22-15-6-7-23(3)16(15)12-4-5-13(18)14(19)9-12/h4-5,8-9,15-16H,6-7H2,1-3H3,(H,20,21,22). The lowest BCUT2D eigenvalue weighted by atomic mass is 10.00. The zero-order chi connectivity index (χ0) is 16.6. The van der Waals surface area contributed by atoms with E-state index in [1.165, 1.54) is 6.07 Å². The van der Waals surface area contributed by atoms with Gasteiger partial charge in [-0.2, -0.15) is 0 Å². The summed E-state index contributed by atoms with van der Waals surface area (Å²) in [6, 6.07) is 7.15. The molecule has 1 saturated heterocycles. The number of hydrogen-bond acceptors (Lipinski definition) is 4. The molecule has 0 amide bonds. The Morgan fingerprint density at radius 1 is 1.22 bits per heavy atom. The van der Waals surface area contributed by atoms with Crippen LogP contribution in [-0.2, 0) is 0 Å². The van der Waals surface area contributed by atoms with E-state index in [9.17, 15) is 4.39 Å². The van der Waals surface area contributed by atoms with Gasteiger partial charge in [0.05, 0.1) is 11.1 Å². The third-order valence-electron chi connectivity index (χ3n) is 4.23. The highest BCUT2D eigenvalue weighted by Crippen LogP contribution is 2.34. The topological polar surface area (TPSA) is 41.1 Å². The number of rotatable bonds is 3. The van der Waals surface area contributed by atoms with E-state index in [4.69, 9.17) is 11.6 Å². The number of aryl methyl sites for hydroxylation is 2. The molecule has 6 heteroatoms. The van der Waals surface area contributed by atoms with E-state index in [-0.39, 0.29) is 22.9 Å². The first-order chi connectivity index (χ1) is 10.9. The van der Waals surface area contributed by atoms with Crippen molar-refractivity contribution in [3.05, 3.63) is 52.1 Å². The number of halogens is 2. The van der Waals surface area contributed by atoms with Gasteiger partial charge in [-0.25, -0.2) is 14.4 Å². The average Bonchev–Trinajstić information content (AvgIpc) is 2.82. The molecule has 1 N–H and O–H groups in total. The van der Waals surface area contributed by atoms with Crippen molar-refractivity contribution in [3.63, 3.8) is 0 Å². The van der Waals surface area contributed by atoms with E-state index in [0.717, 1.165) is 29.9 Å². The van der Waals surface area contributed by atoms with Gasteiger partial charge in [-0.3, -0.25) is 4.90 Å². The zero-order valence-electron chi connectivity index (χ0n) is 13.5. The molecule has 2 heterocycles. The fourth-order valence-corrected chi connectivity index (χ4v) is 3.35. The summed E-state index contributed by atoms with van der Waals surface area (Å²) in [6.45, 7) is 4.83. The number of nitrogens with zero attached hydrogens (tertiary/aromatic N) is 3. The lowest BCUT2D eigenvalue weighted by molar-refractivity contribution is 0.308. The second-order valence-corrected chi connectivity index (χ2v) is 6.52. The van der Waals surface area contributed by atoms with Gasteiger partial charge in [-0.15, -0.1) is 0 Å². The summed E-state index contributed by atoms with van der Waals surface area (Å²) in [5.41, 5.74) is 2.77. The lowest BCUT2D eigenvalue weighted by Crippen LogP contribution is -2.30. The minimum Gasteiger partial charge on any atom is -0.350 e. The molecule has 0 aliphatic carbocycles. The molecule has 0 radical (unpaired) electrons. The molecule has 1 aromatic carbocycles. The van der Waals surface area contributed by atoms with Gasteiger partial charge in [0, 0.05) is 24.0 Å². The van der Waals surface area contributed by atoms with Gasteiger partial charge in [0.1, 0.15) is 5.82 Å². The van der Waals surface area contributed by atoms with Gasteiger partial charge in [0.15, 0.2) is 0 Å². The van der Waals surface area contributed by atoms with Crippen LogP contribution in [0.5, 0.6) is 0 Å². The summed E-state index contributed by atoms with van der Waals surface area (Å²) >= 11 is 5.80. The summed E-state index contributed by atoms with van der Waals surface area (Å²) < 4.78 is 13.8. The molecule has 3 rings (SSSR count). The first-order valence-electron chi connectivity index (χ1n) is 7.68. The summed E-state index contributed by atoms with van der Waals surface area (Å²) in [5, 5.41) is 3.57. The number of likely N-dealkylation sites (tertiary alicyclic amines) is 1. The maximum absolute atomic E-state index is 13.8. The lowest BCUT2D eigenvalue weighted by Gasteiger charge is -2.26. The van der Waals surface area contributed by atoms with Crippen LogP contribution in [0.4, 0.5) is 10.3 Å². The largest absolute Gasteiger partial charge is 0.350 e. The van der Waals surface area contributed by atoms with E-state index in [0.29, 0.717) is 5.95 Å². The Balaban J connectivity index is 1.87. The fourth-order valence-electron chi connectivity index (χ4n) is 3.24. The molecule has 2 unspecified atom stereocenters. The highest BCUT2D eigenvalue weighted by molar-refractivity contribution is 6.30. The zero-order valence-corrected chi connectivity index (χ0v) is 14.2. The van der Waals surface area contributed by atoms with Crippen LogP contribution in [0, 0.1) is 19.7 Å². The monoisotopic (exact) mass is 334 g/mol. The number of benzene rings is 1. The molecule has 0 saturated carbocycles. The quantitative estimate of drug-likeness (QED) is 0.928. The van der Waals surface area contributed by atoms with Crippen LogP contribution < -0.4 is 5.32 Å². The molecule has 1 fully saturated rings. The van der Waals surface area contributed by atoms with Crippen LogP contribution in [0.15, 0.2) is 24.3 Å². The molecule has 0 spiro atoms. The Kier molecular flexibility index (Phi) is 4.50. The third kappa shape index (κ3) is 3.46. The van der Waals surface area contributed by atoms with Crippen molar-refractivity contribution in [2.75, 3.05) is 18.9 Å². The predicted molar refractivity (Wildman–Crippen MR) is 90.3 cm³/mol. The number of nitrogens with one attached hydrogen (secondary N) is 1. The van der Waals surface area contributed by atoms with Crippen molar-refractivity contribution in [3.8, 4) is 0 Å². The molecule has 2 atom stereocenters. The summed E-state index contributed by atoms with van der Waals surface area (Å²) in [7, 11) is 2.04. The predicted octanol–water partition coefficient (Wildman–Crippen LogP) is 3.74. The second kappa shape index (κ2) is 6.42. The molecule has 23 heavy (non-hydrogen) atoms. The summed E-state index contributed by atoms with van der Waals surface area (Å²) in [5.74, 6) is 0.244. The number of likely N-dealkylation sites (N-methyl/N-ethyl adjacent to an activating group) is 1. The molecule has 0 bridgehead atoms. The van der Waals surface area contributed by atoms with Crippen LogP contribution in [0.1, 0.15) is 29.4 Å². The van der Waals surface area contributed by atoms with Crippen molar-refractivity contribution < 1.29 is 4.39 Å². The average molecular weight is 335 g/mol. The van der Waals surface area contributed by atoms with Crippen LogP contribution in [0.25, 0.3) is 0 Å². The number of anilines is 1. The normalized spacial score (nSPS) is 21.6. The molecule has 122 valence electrons. The summed E-state index contributed by atoms with van der Waals surface area (Å²) in [4.78, 5) is 11.1. The number of aromatic nitrogens is 2. The van der Waals surface area contributed by atoms with E-state index in [1.807, 2.05) is 33.0 Å². The minimum absolute atomic E-state index is 0.0613. The molecule has 1 aromatic heterocycles. The third-order valence-corrected chi connectivity index (χ3v) is 4.54. The molecule has 2 aromatic rings. The fraction of sp³-hybridized carbons (Fsp3) is 0.412. The van der Waals surface area contributed by atoms with Gasteiger partial charge in [0.25, 0.3) is 0 Å². The van der Waals surface area contributed by atoms with Crippen molar-refractivity contribution >= 4 is 17.5 Å². The Bertz CT molecular complexity index is 701. The van der Waals surface area contributed by atoms with Gasteiger partial charge >= 0.3 is 0 Å². The first kappa shape index (κ1) is 16.1. The molecular formula is C17H20ClFN4. The molecular weight excluding hydrogens is 315 g/mol. The van der Waals surface area contributed by atoms with E-state index >= 15 is 0 Å². The Morgan fingerprint density at radius 2 is 1.91 bits per heavy atom. The maximum Gasteiger partial charge on any atom is 0.223 e. The Labute approximate surface area is 140 Å². The van der Waals surface area contributed by atoms with E-state index < -0.39 is 0 Å². The minimum atomic E-state index is -0.383. The molecule has 4 nitrogen and oxygen atoms in total. The first-order valence-corrected chi connectivity index (χ1v) is 8.06. The summed E-state index contributed by atoms with van der Waals surface area (Å²) in [6.07, 6.45) is 0.946. The smallest absolute Gasteiger partial charge is 0.223 e. The van der Waals surface area contributed by atoms with Crippen molar-refractivity contribution in [1.29, 1.82) is 0 Å². The van der Waals surface area contributed by atoms with Gasteiger partial charge in [0.2, 0.25) is 5.95 Å². The Morgan fingerprint density at radius 3 is 2.57 bits per heavy atom. The van der Waals surface area contributed by atoms with Crippen molar-refractivity contribution in [1.82, 2.24) is 14.9 Å². The maximum atomic E-state index is 13.8. The Hall–Kier alpha value is -1.72. The van der Waals surface area contributed by atoms with Crippen LogP contribution >= 0.6 is 11.6 Å². The highest BCUT2D eigenvalue weighted by Gasteiger charge is 2.33.